The van der Waals surface area contributed by atoms with Crippen molar-refractivity contribution in [1.29, 1.82) is 0 Å². The molecule has 0 saturated heterocycles. The number of aromatic nitrogens is 4. The van der Waals surface area contributed by atoms with E-state index in [2.05, 4.69) is 25.5 Å². The van der Waals surface area contributed by atoms with Gasteiger partial charge in [-0.3, -0.25) is 9.89 Å². The number of hydrogen-bond acceptors (Lipinski definition) is 4. The summed E-state index contributed by atoms with van der Waals surface area (Å²) in [6.45, 7) is 0. The third-order valence-corrected chi connectivity index (χ3v) is 2.87. The van der Waals surface area contributed by atoms with Crippen LogP contribution < -0.4 is 10.9 Å². The fourth-order valence-corrected chi connectivity index (χ4v) is 1.91. The predicted molar refractivity (Wildman–Crippen MR) is 76.3 cm³/mol. The lowest BCUT2D eigenvalue weighted by Gasteiger charge is -2.05. The summed E-state index contributed by atoms with van der Waals surface area (Å²) in [6, 6.07) is 8.83. The van der Waals surface area contributed by atoms with Crippen LogP contribution in [0.5, 0.6) is 0 Å². The highest BCUT2D eigenvalue weighted by Gasteiger charge is 2.08. The minimum Gasteiger partial charge on any atom is -0.329 e. The van der Waals surface area contributed by atoms with Crippen LogP contribution >= 0.6 is 12.2 Å². The van der Waals surface area contributed by atoms with Crippen LogP contribution in [0.2, 0.25) is 0 Å². The van der Waals surface area contributed by atoms with Gasteiger partial charge in [0.25, 0.3) is 5.56 Å². The highest BCUT2D eigenvalue weighted by atomic mass is 32.1. The first-order valence-corrected chi connectivity index (χ1v) is 5.94. The lowest BCUT2D eigenvalue weighted by Crippen LogP contribution is -2.20. The van der Waals surface area contributed by atoms with Crippen molar-refractivity contribution in [1.82, 2.24) is 20.2 Å². The molecule has 0 spiro atoms. The standard InChI is InChI=1S/C12H9N5OS/c18-11-7-3-1-2-4-8(7)14-10(16-11)12(19)15-9-5-6-13-17-9/h1-6H,(H,14,16,18)(H2,13,15,17,19). The topological polar surface area (TPSA) is 86.5 Å². The third kappa shape index (κ3) is 2.23. The molecule has 1 aromatic carbocycles. The van der Waals surface area contributed by atoms with Crippen LogP contribution in [-0.4, -0.2) is 25.2 Å². The molecule has 0 aliphatic carbocycles. The molecule has 0 atom stereocenters. The maximum absolute atomic E-state index is 11.9. The Kier molecular flexibility index (Phi) is 2.81. The maximum atomic E-state index is 11.9. The van der Waals surface area contributed by atoms with Crippen molar-refractivity contribution in [3.63, 3.8) is 0 Å². The van der Waals surface area contributed by atoms with E-state index in [0.717, 1.165) is 0 Å². The number of para-hydroxylation sites is 1. The Labute approximate surface area is 112 Å². The van der Waals surface area contributed by atoms with E-state index in [0.29, 0.717) is 27.5 Å². The van der Waals surface area contributed by atoms with Gasteiger partial charge in [-0.1, -0.05) is 24.4 Å². The van der Waals surface area contributed by atoms with Crippen LogP contribution in [0.1, 0.15) is 5.82 Å². The molecule has 6 nitrogen and oxygen atoms in total. The maximum Gasteiger partial charge on any atom is 0.259 e. The lowest BCUT2D eigenvalue weighted by molar-refractivity contribution is 1.09. The van der Waals surface area contributed by atoms with E-state index in [4.69, 9.17) is 12.2 Å². The summed E-state index contributed by atoms with van der Waals surface area (Å²) in [5.41, 5.74) is 0.393. The van der Waals surface area contributed by atoms with Crippen molar-refractivity contribution in [3.8, 4) is 0 Å². The number of H-pyrrole nitrogens is 2. The Bertz CT molecular complexity index is 793. The van der Waals surface area contributed by atoms with Crippen molar-refractivity contribution in [2.75, 3.05) is 5.32 Å². The molecule has 94 valence electrons. The summed E-state index contributed by atoms with van der Waals surface area (Å²) in [7, 11) is 0. The van der Waals surface area contributed by atoms with Crippen molar-refractivity contribution in [2.45, 2.75) is 0 Å². The van der Waals surface area contributed by atoms with E-state index in [1.54, 1.807) is 30.5 Å². The Morgan fingerprint density at radius 3 is 2.89 bits per heavy atom. The Hall–Kier alpha value is -2.54. The molecule has 0 radical (unpaired) electrons. The van der Waals surface area contributed by atoms with Gasteiger partial charge in [-0.2, -0.15) is 5.10 Å². The van der Waals surface area contributed by atoms with E-state index >= 15 is 0 Å². The normalized spacial score (nSPS) is 10.5. The van der Waals surface area contributed by atoms with E-state index in [1.165, 1.54) is 0 Å². The van der Waals surface area contributed by atoms with Crippen molar-refractivity contribution in [3.05, 3.63) is 52.7 Å². The number of hydrogen-bond donors (Lipinski definition) is 3. The molecule has 0 saturated carbocycles. The molecule has 0 bridgehead atoms. The second-order valence-electron chi connectivity index (χ2n) is 3.86. The van der Waals surface area contributed by atoms with Gasteiger partial charge < -0.3 is 10.3 Å². The van der Waals surface area contributed by atoms with Gasteiger partial charge in [0, 0.05) is 6.07 Å². The number of anilines is 1. The summed E-state index contributed by atoms with van der Waals surface area (Å²) in [4.78, 5) is 19.2. The first-order valence-electron chi connectivity index (χ1n) is 5.54. The molecule has 0 aliphatic rings. The van der Waals surface area contributed by atoms with E-state index in [-0.39, 0.29) is 5.56 Å². The molecule has 7 heteroatoms. The molecule has 0 fully saturated rings. The van der Waals surface area contributed by atoms with Gasteiger partial charge in [-0.05, 0) is 12.1 Å². The number of nitrogens with one attached hydrogen (secondary N) is 3. The highest BCUT2D eigenvalue weighted by Crippen LogP contribution is 2.07. The summed E-state index contributed by atoms with van der Waals surface area (Å²) in [5, 5.41) is 9.97. The molecule has 0 aliphatic heterocycles. The van der Waals surface area contributed by atoms with Gasteiger partial charge in [0.05, 0.1) is 17.1 Å². The Morgan fingerprint density at radius 2 is 2.11 bits per heavy atom. The quantitative estimate of drug-likeness (QED) is 0.614. The number of nitrogens with zero attached hydrogens (tertiary/aromatic N) is 2. The first-order chi connectivity index (χ1) is 9.24. The van der Waals surface area contributed by atoms with Crippen LogP contribution in [0.3, 0.4) is 0 Å². The molecule has 0 unspecified atom stereocenters. The van der Waals surface area contributed by atoms with E-state index in [9.17, 15) is 4.79 Å². The fraction of sp³-hybridized carbons (Fsp3) is 0. The largest absolute Gasteiger partial charge is 0.329 e. The zero-order valence-electron chi connectivity index (χ0n) is 9.68. The molecular formula is C12H9N5OS. The summed E-state index contributed by atoms with van der Waals surface area (Å²) in [5.74, 6) is 0.967. The molecular weight excluding hydrogens is 262 g/mol. The van der Waals surface area contributed by atoms with Gasteiger partial charge in [0.15, 0.2) is 5.82 Å². The smallest absolute Gasteiger partial charge is 0.259 e. The average Bonchev–Trinajstić information content (AvgIpc) is 2.91. The zero-order valence-corrected chi connectivity index (χ0v) is 10.5. The minimum atomic E-state index is -0.214. The molecule has 2 aromatic heterocycles. The van der Waals surface area contributed by atoms with Crippen LogP contribution in [0.15, 0.2) is 41.3 Å². The van der Waals surface area contributed by atoms with Crippen molar-refractivity contribution in [2.24, 2.45) is 0 Å². The minimum absolute atomic E-state index is 0.214. The van der Waals surface area contributed by atoms with Gasteiger partial charge in [-0.25, -0.2) is 4.98 Å². The number of rotatable bonds is 2. The van der Waals surface area contributed by atoms with Crippen LogP contribution in [-0.2, 0) is 0 Å². The average molecular weight is 271 g/mol. The molecule has 3 rings (SSSR count). The predicted octanol–water partition coefficient (Wildman–Crippen LogP) is 1.43. The zero-order chi connectivity index (χ0) is 13.2. The van der Waals surface area contributed by atoms with Gasteiger partial charge >= 0.3 is 0 Å². The monoisotopic (exact) mass is 271 g/mol. The van der Waals surface area contributed by atoms with E-state index < -0.39 is 0 Å². The van der Waals surface area contributed by atoms with Crippen molar-refractivity contribution >= 4 is 33.9 Å². The Morgan fingerprint density at radius 1 is 1.26 bits per heavy atom. The van der Waals surface area contributed by atoms with Crippen LogP contribution in [0.4, 0.5) is 5.82 Å². The van der Waals surface area contributed by atoms with Crippen molar-refractivity contribution < 1.29 is 0 Å². The second kappa shape index (κ2) is 4.62. The molecule has 3 aromatic rings. The first kappa shape index (κ1) is 11.5. The summed E-state index contributed by atoms with van der Waals surface area (Å²) in [6.07, 6.45) is 1.60. The second-order valence-corrected chi connectivity index (χ2v) is 4.26. The highest BCUT2D eigenvalue weighted by molar-refractivity contribution is 7.81. The van der Waals surface area contributed by atoms with Gasteiger partial charge in [0.1, 0.15) is 10.8 Å². The number of fused-ring (bicyclic) bond motifs is 1. The van der Waals surface area contributed by atoms with Crippen LogP contribution in [0, 0.1) is 0 Å². The SMILES string of the molecule is O=c1[nH]c(C(=S)Nc2ccn[nH]2)nc2ccccc12. The number of thiocarbonyl (C=S) groups is 1. The number of aromatic amines is 2. The van der Waals surface area contributed by atoms with E-state index in [1.807, 2.05) is 6.07 Å². The molecule has 0 amide bonds. The third-order valence-electron chi connectivity index (χ3n) is 2.58. The van der Waals surface area contributed by atoms with Gasteiger partial charge in [0.2, 0.25) is 0 Å². The summed E-state index contributed by atoms with van der Waals surface area (Å²) >= 11 is 5.20. The summed E-state index contributed by atoms with van der Waals surface area (Å²) < 4.78 is 0. The lowest BCUT2D eigenvalue weighted by atomic mass is 10.2. The molecule has 2 heterocycles. The molecule has 19 heavy (non-hydrogen) atoms. The number of benzene rings is 1. The fourth-order valence-electron chi connectivity index (χ4n) is 1.70. The van der Waals surface area contributed by atoms with Crippen LogP contribution in [0.25, 0.3) is 10.9 Å². The molecule has 3 N–H and O–H groups in total. The Balaban J connectivity index is 2.01. The van der Waals surface area contributed by atoms with Gasteiger partial charge in [-0.15, -0.1) is 0 Å².